The Kier molecular flexibility index (Phi) is 6.74. The van der Waals surface area contributed by atoms with E-state index in [9.17, 15) is 28.2 Å². The maximum Gasteiger partial charge on any atom is 0.434 e. The first-order valence-corrected chi connectivity index (χ1v) is 10.3. The Balaban J connectivity index is 1.32. The molecule has 5 N–H and O–H groups in total. The molecule has 33 heavy (non-hydrogen) atoms. The van der Waals surface area contributed by atoms with Crippen LogP contribution in [0, 0.1) is 0 Å². The van der Waals surface area contributed by atoms with E-state index in [4.69, 9.17) is 4.74 Å². The van der Waals surface area contributed by atoms with Crippen LogP contribution in [0.4, 0.5) is 19.0 Å². The number of hydrogen-bond donors (Lipinski definition) is 5. The topological polar surface area (TPSA) is 142 Å². The minimum absolute atomic E-state index is 0.0898. The maximum absolute atomic E-state index is 12.8. The van der Waals surface area contributed by atoms with Crippen molar-refractivity contribution in [1.29, 1.82) is 0 Å². The normalized spacial score (nSPS) is 25.2. The van der Waals surface area contributed by atoms with E-state index in [1.807, 2.05) is 6.07 Å². The monoisotopic (exact) mass is 468 g/mol. The smallest absolute Gasteiger partial charge is 0.388 e. The van der Waals surface area contributed by atoms with E-state index in [1.165, 1.54) is 0 Å². The minimum atomic E-state index is -4.67. The van der Waals surface area contributed by atoms with Crippen molar-refractivity contribution >= 4 is 11.7 Å². The van der Waals surface area contributed by atoms with Gasteiger partial charge in [-0.1, -0.05) is 6.07 Å². The molecule has 2 aliphatic rings. The lowest BCUT2D eigenvalue weighted by molar-refractivity contribution is -0.141. The number of amides is 1. The summed E-state index contributed by atoms with van der Waals surface area (Å²) in [4.78, 5) is 23.8. The number of carbonyl (C=O) groups is 1. The van der Waals surface area contributed by atoms with E-state index in [0.717, 1.165) is 30.4 Å². The summed E-state index contributed by atoms with van der Waals surface area (Å²) < 4.78 is 44.0. The van der Waals surface area contributed by atoms with Crippen LogP contribution < -0.4 is 16.0 Å². The summed E-state index contributed by atoms with van der Waals surface area (Å²) in [6.07, 6.45) is -6.00. The fraction of sp³-hybridized carbons (Fsp3) is 0.500. The first-order chi connectivity index (χ1) is 15.7. The zero-order valence-electron chi connectivity index (χ0n) is 17.3. The lowest BCUT2D eigenvalue weighted by atomic mass is 9.98. The third-order valence-electron chi connectivity index (χ3n) is 5.51. The number of carbonyl (C=O) groups excluding carboxylic acids is 1. The van der Waals surface area contributed by atoms with E-state index in [-0.39, 0.29) is 24.7 Å². The Bertz CT molecular complexity index is 1010. The highest BCUT2D eigenvalue weighted by Crippen LogP contribution is 2.28. The molecular weight excluding hydrogens is 445 g/mol. The molecule has 4 rings (SSSR count). The second-order valence-corrected chi connectivity index (χ2v) is 7.83. The molecule has 2 unspecified atom stereocenters. The van der Waals surface area contributed by atoms with Gasteiger partial charge in [-0.05, 0) is 11.6 Å². The SMILES string of the molecule is O=C(NCC1OC[C@H](Nc2cncc(C(F)(F)F)n2)C(O)[C@H]1O)c1ccc2c(n1)CCNC2. The molecule has 4 heterocycles. The van der Waals surface area contributed by atoms with Gasteiger partial charge < -0.3 is 30.9 Å². The second-order valence-electron chi connectivity index (χ2n) is 7.83. The minimum Gasteiger partial charge on any atom is -0.388 e. The summed E-state index contributed by atoms with van der Waals surface area (Å²) in [5.41, 5.74) is 0.949. The van der Waals surface area contributed by atoms with E-state index in [1.54, 1.807) is 6.07 Å². The van der Waals surface area contributed by atoms with Crippen LogP contribution >= 0.6 is 0 Å². The van der Waals surface area contributed by atoms with Crippen molar-refractivity contribution in [3.63, 3.8) is 0 Å². The fourth-order valence-corrected chi connectivity index (χ4v) is 3.70. The molecule has 0 aromatic carbocycles. The van der Waals surface area contributed by atoms with Crippen LogP contribution in [0.1, 0.15) is 27.4 Å². The van der Waals surface area contributed by atoms with Crippen molar-refractivity contribution in [3.05, 3.63) is 47.2 Å². The maximum atomic E-state index is 12.8. The third kappa shape index (κ3) is 5.38. The van der Waals surface area contributed by atoms with Gasteiger partial charge in [0, 0.05) is 31.7 Å². The number of pyridine rings is 1. The van der Waals surface area contributed by atoms with E-state index in [0.29, 0.717) is 12.7 Å². The highest BCUT2D eigenvalue weighted by Gasteiger charge is 2.39. The zero-order valence-corrected chi connectivity index (χ0v) is 17.3. The van der Waals surface area contributed by atoms with Crippen LogP contribution in [0.15, 0.2) is 24.5 Å². The standard InChI is InChI=1S/C20H23F3N6O4/c21-20(22,23)15-7-25-8-16(29-15)28-13-9-33-14(18(31)17(13)30)6-26-19(32)12-2-1-10-5-24-4-3-11(10)27-12/h1-2,7-8,13-14,17-18,24,30-31H,3-6,9H2,(H,26,32)(H,28,29)/t13-,14?,17?,18-/m0/s1. The van der Waals surface area contributed by atoms with Crippen molar-refractivity contribution in [2.75, 3.05) is 25.0 Å². The number of hydrogen-bond acceptors (Lipinski definition) is 9. The number of aromatic nitrogens is 3. The van der Waals surface area contributed by atoms with Gasteiger partial charge in [0.15, 0.2) is 5.69 Å². The number of aliphatic hydroxyl groups is 2. The third-order valence-corrected chi connectivity index (χ3v) is 5.51. The number of anilines is 1. The van der Waals surface area contributed by atoms with E-state index < -0.39 is 42.1 Å². The van der Waals surface area contributed by atoms with Gasteiger partial charge in [0.25, 0.3) is 5.91 Å². The van der Waals surface area contributed by atoms with Crippen molar-refractivity contribution in [2.45, 2.75) is 43.5 Å². The predicted molar refractivity (Wildman–Crippen MR) is 108 cm³/mol. The number of nitrogens with zero attached hydrogens (tertiary/aromatic N) is 3. The summed E-state index contributed by atoms with van der Waals surface area (Å²) in [5.74, 6) is -0.661. The molecule has 0 spiro atoms. The first kappa shape index (κ1) is 23.3. The van der Waals surface area contributed by atoms with Crippen molar-refractivity contribution in [3.8, 4) is 0 Å². The predicted octanol–water partition coefficient (Wildman–Crippen LogP) is -0.133. The Morgan fingerprint density at radius 2 is 2.03 bits per heavy atom. The van der Waals surface area contributed by atoms with Crippen molar-refractivity contribution < 1.29 is 32.9 Å². The molecular formula is C20H23F3N6O4. The molecule has 0 bridgehead atoms. The van der Waals surface area contributed by atoms with Crippen LogP contribution in [0.2, 0.25) is 0 Å². The summed E-state index contributed by atoms with van der Waals surface area (Å²) in [6.45, 7) is 1.26. The number of rotatable bonds is 5. The van der Waals surface area contributed by atoms with Gasteiger partial charge in [0.05, 0.1) is 25.0 Å². The van der Waals surface area contributed by atoms with Crippen LogP contribution in [-0.4, -0.2) is 75.1 Å². The molecule has 4 atom stereocenters. The van der Waals surface area contributed by atoms with Gasteiger partial charge >= 0.3 is 6.18 Å². The highest BCUT2D eigenvalue weighted by atomic mass is 19.4. The lowest BCUT2D eigenvalue weighted by Crippen LogP contribution is -2.58. The summed E-state index contributed by atoms with van der Waals surface area (Å²) >= 11 is 0. The van der Waals surface area contributed by atoms with Gasteiger partial charge in [0.1, 0.15) is 29.8 Å². The van der Waals surface area contributed by atoms with Crippen LogP contribution in [-0.2, 0) is 23.9 Å². The van der Waals surface area contributed by atoms with Crippen molar-refractivity contribution in [1.82, 2.24) is 25.6 Å². The molecule has 2 aromatic heterocycles. The summed E-state index contributed by atoms with van der Waals surface area (Å²) in [5, 5.41) is 29.3. The van der Waals surface area contributed by atoms with Gasteiger partial charge in [0.2, 0.25) is 0 Å². The summed E-state index contributed by atoms with van der Waals surface area (Å²) in [6, 6.07) is 2.52. The van der Waals surface area contributed by atoms with Crippen LogP contribution in [0.5, 0.6) is 0 Å². The Morgan fingerprint density at radius 3 is 2.82 bits per heavy atom. The highest BCUT2D eigenvalue weighted by molar-refractivity contribution is 5.92. The number of nitrogens with one attached hydrogen (secondary N) is 3. The molecule has 1 saturated heterocycles. The molecule has 0 saturated carbocycles. The molecule has 178 valence electrons. The Hall–Kier alpha value is -2.87. The Morgan fingerprint density at radius 1 is 1.21 bits per heavy atom. The summed E-state index contributed by atoms with van der Waals surface area (Å²) in [7, 11) is 0. The molecule has 10 nitrogen and oxygen atoms in total. The zero-order chi connectivity index (χ0) is 23.6. The number of alkyl halides is 3. The second kappa shape index (κ2) is 9.55. The number of halogens is 3. The van der Waals surface area contributed by atoms with E-state index >= 15 is 0 Å². The molecule has 1 amide bonds. The molecule has 2 aliphatic heterocycles. The molecule has 0 aliphatic carbocycles. The molecule has 2 aromatic rings. The quantitative estimate of drug-likeness (QED) is 0.406. The molecule has 1 fully saturated rings. The van der Waals surface area contributed by atoms with Gasteiger partial charge in [-0.15, -0.1) is 0 Å². The number of aliphatic hydroxyl groups excluding tert-OH is 2. The fourth-order valence-electron chi connectivity index (χ4n) is 3.70. The van der Waals surface area contributed by atoms with Gasteiger partial charge in [-0.2, -0.15) is 13.2 Å². The molecule has 13 heteroatoms. The van der Waals surface area contributed by atoms with Gasteiger partial charge in [-0.3, -0.25) is 9.78 Å². The Labute approximate surface area is 186 Å². The average molecular weight is 468 g/mol. The van der Waals surface area contributed by atoms with Crippen LogP contribution in [0.3, 0.4) is 0 Å². The van der Waals surface area contributed by atoms with Gasteiger partial charge in [-0.25, -0.2) is 9.97 Å². The lowest BCUT2D eigenvalue weighted by Gasteiger charge is -2.38. The first-order valence-electron chi connectivity index (χ1n) is 10.3. The average Bonchev–Trinajstić information content (AvgIpc) is 2.80. The number of ether oxygens (including phenoxy) is 1. The number of fused-ring (bicyclic) bond motifs is 1. The van der Waals surface area contributed by atoms with Crippen LogP contribution in [0.25, 0.3) is 0 Å². The van der Waals surface area contributed by atoms with Crippen molar-refractivity contribution in [2.24, 2.45) is 0 Å². The van der Waals surface area contributed by atoms with E-state index in [2.05, 4.69) is 30.9 Å². The molecule has 0 radical (unpaired) electrons. The largest absolute Gasteiger partial charge is 0.434 e.